The third-order valence-corrected chi connectivity index (χ3v) is 6.56. The summed E-state index contributed by atoms with van der Waals surface area (Å²) in [7, 11) is 0. The summed E-state index contributed by atoms with van der Waals surface area (Å²) in [6.45, 7) is 9.86. The fourth-order valence-corrected chi connectivity index (χ4v) is 4.89. The lowest BCUT2D eigenvalue weighted by Crippen LogP contribution is -2.26. The molecule has 2 N–H and O–H groups in total. The number of hydrogen-bond acceptors (Lipinski definition) is 3. The molecule has 0 aliphatic carbocycles. The van der Waals surface area contributed by atoms with Crippen LogP contribution in [0.15, 0.2) is 42.5 Å². The molecule has 6 nitrogen and oxygen atoms in total. The SMILES string of the molecule is Cc1nc2ccc(C)c(CNC(=O)c3ccc4c(-c5c(F)cccc5F)c(C)nn4c3C(C)C)c2[nH]1. The summed E-state index contributed by atoms with van der Waals surface area (Å²) in [5, 5.41) is 7.64. The Morgan fingerprint density at radius 1 is 1.03 bits per heavy atom. The van der Waals surface area contributed by atoms with Gasteiger partial charge < -0.3 is 10.3 Å². The molecule has 0 aliphatic heterocycles. The normalized spacial score (nSPS) is 11.7. The molecule has 8 heteroatoms. The first kappa shape index (κ1) is 23.7. The number of imidazole rings is 1. The van der Waals surface area contributed by atoms with Crippen LogP contribution in [0.3, 0.4) is 0 Å². The number of nitrogens with zero attached hydrogens (tertiary/aromatic N) is 3. The minimum absolute atomic E-state index is 0.0764. The summed E-state index contributed by atoms with van der Waals surface area (Å²) < 4.78 is 30.9. The lowest BCUT2D eigenvalue weighted by atomic mass is 9.99. The lowest BCUT2D eigenvalue weighted by Gasteiger charge is -2.16. The molecule has 3 heterocycles. The smallest absolute Gasteiger partial charge is 0.253 e. The van der Waals surface area contributed by atoms with Crippen LogP contribution in [0.25, 0.3) is 27.7 Å². The zero-order valence-electron chi connectivity index (χ0n) is 20.8. The zero-order valence-corrected chi connectivity index (χ0v) is 20.8. The minimum Gasteiger partial charge on any atom is -0.348 e. The van der Waals surface area contributed by atoms with Gasteiger partial charge in [-0.3, -0.25) is 4.79 Å². The van der Waals surface area contributed by atoms with Crippen molar-refractivity contribution < 1.29 is 13.6 Å². The average molecular weight is 488 g/mol. The number of carbonyl (C=O) groups excluding carboxylic acids is 1. The number of aromatic amines is 1. The standard InChI is InChI=1S/C28H27F2N5O/c1-14(2)27-18(28(36)31-13-19-15(3)9-11-22-26(19)33-17(5)32-22)10-12-23-24(16(4)34-35(23)27)25-20(29)7-6-8-21(25)30/h6-12,14H,13H2,1-5H3,(H,31,36)(H,32,33). The minimum atomic E-state index is -0.653. The van der Waals surface area contributed by atoms with Crippen molar-refractivity contribution in [1.29, 1.82) is 0 Å². The van der Waals surface area contributed by atoms with Crippen molar-refractivity contribution in [3.05, 3.63) is 88.0 Å². The first-order valence-corrected chi connectivity index (χ1v) is 11.9. The van der Waals surface area contributed by atoms with Crippen molar-refractivity contribution in [2.45, 2.75) is 47.1 Å². The molecule has 0 bridgehead atoms. The van der Waals surface area contributed by atoms with Gasteiger partial charge in [0, 0.05) is 12.1 Å². The van der Waals surface area contributed by atoms with E-state index in [2.05, 4.69) is 20.4 Å². The van der Waals surface area contributed by atoms with Crippen LogP contribution in [0.2, 0.25) is 0 Å². The molecule has 0 saturated heterocycles. The van der Waals surface area contributed by atoms with Crippen molar-refractivity contribution in [3.63, 3.8) is 0 Å². The summed E-state index contributed by atoms with van der Waals surface area (Å²) in [5.74, 6) is -0.821. The molecule has 0 atom stereocenters. The van der Waals surface area contributed by atoms with Crippen molar-refractivity contribution in [2.75, 3.05) is 0 Å². The van der Waals surface area contributed by atoms with Crippen LogP contribution < -0.4 is 5.32 Å². The Balaban J connectivity index is 1.56. The van der Waals surface area contributed by atoms with Gasteiger partial charge in [-0.1, -0.05) is 26.0 Å². The van der Waals surface area contributed by atoms with Gasteiger partial charge in [-0.15, -0.1) is 0 Å². The number of nitrogens with one attached hydrogen (secondary N) is 2. The van der Waals surface area contributed by atoms with Crippen LogP contribution in [0, 0.1) is 32.4 Å². The first-order valence-electron chi connectivity index (χ1n) is 11.9. The van der Waals surface area contributed by atoms with Gasteiger partial charge in [-0.25, -0.2) is 18.3 Å². The molecule has 0 fully saturated rings. The summed E-state index contributed by atoms with van der Waals surface area (Å²) in [5.41, 5.74) is 6.21. The van der Waals surface area contributed by atoms with Gasteiger partial charge in [-0.05, 0) is 68.1 Å². The molecule has 0 unspecified atom stereocenters. The van der Waals surface area contributed by atoms with E-state index in [1.54, 1.807) is 23.6 Å². The average Bonchev–Trinajstić information content (AvgIpc) is 3.36. The third kappa shape index (κ3) is 3.82. The molecular weight excluding hydrogens is 460 g/mol. The lowest BCUT2D eigenvalue weighted by molar-refractivity contribution is 0.0949. The van der Waals surface area contributed by atoms with E-state index in [-0.39, 0.29) is 17.4 Å². The number of aryl methyl sites for hydroxylation is 3. The van der Waals surface area contributed by atoms with Gasteiger partial charge in [0.1, 0.15) is 17.5 Å². The van der Waals surface area contributed by atoms with Crippen LogP contribution in [-0.4, -0.2) is 25.5 Å². The molecule has 184 valence electrons. The molecule has 2 aromatic carbocycles. The Kier molecular flexibility index (Phi) is 5.82. The quantitative estimate of drug-likeness (QED) is 0.313. The molecule has 36 heavy (non-hydrogen) atoms. The number of aromatic nitrogens is 4. The van der Waals surface area contributed by atoms with E-state index >= 15 is 0 Å². The highest BCUT2D eigenvalue weighted by Crippen LogP contribution is 2.35. The van der Waals surface area contributed by atoms with E-state index < -0.39 is 11.6 Å². The number of benzene rings is 2. The summed E-state index contributed by atoms with van der Waals surface area (Å²) >= 11 is 0. The molecule has 0 aliphatic rings. The third-order valence-electron chi connectivity index (χ3n) is 6.56. The number of halogens is 2. The van der Waals surface area contributed by atoms with Crippen molar-refractivity contribution in [2.24, 2.45) is 0 Å². The van der Waals surface area contributed by atoms with Gasteiger partial charge >= 0.3 is 0 Å². The summed E-state index contributed by atoms with van der Waals surface area (Å²) in [6, 6.07) is 11.2. The van der Waals surface area contributed by atoms with Crippen LogP contribution in [-0.2, 0) is 6.54 Å². The van der Waals surface area contributed by atoms with Gasteiger partial charge in [-0.2, -0.15) is 5.10 Å². The van der Waals surface area contributed by atoms with Crippen LogP contribution in [0.4, 0.5) is 8.78 Å². The molecule has 1 amide bonds. The van der Waals surface area contributed by atoms with E-state index in [9.17, 15) is 13.6 Å². The number of carbonyl (C=O) groups is 1. The second kappa shape index (κ2) is 8.86. The second-order valence-electron chi connectivity index (χ2n) is 9.40. The Labute approximate surface area is 207 Å². The predicted octanol–water partition coefficient (Wildman–Crippen LogP) is 6.13. The number of hydrogen-bond donors (Lipinski definition) is 2. The zero-order chi connectivity index (χ0) is 25.7. The van der Waals surface area contributed by atoms with Gasteiger partial charge in [0.25, 0.3) is 5.91 Å². The van der Waals surface area contributed by atoms with Crippen LogP contribution in [0.5, 0.6) is 0 Å². The van der Waals surface area contributed by atoms with E-state index in [4.69, 9.17) is 0 Å². The molecule has 0 saturated carbocycles. The fraction of sp³-hybridized carbons (Fsp3) is 0.250. The largest absolute Gasteiger partial charge is 0.348 e. The topological polar surface area (TPSA) is 75.1 Å². The predicted molar refractivity (Wildman–Crippen MR) is 136 cm³/mol. The highest BCUT2D eigenvalue weighted by atomic mass is 19.1. The Bertz CT molecular complexity index is 1630. The van der Waals surface area contributed by atoms with Crippen LogP contribution >= 0.6 is 0 Å². The van der Waals surface area contributed by atoms with Crippen molar-refractivity contribution >= 4 is 22.5 Å². The van der Waals surface area contributed by atoms with Crippen LogP contribution in [0.1, 0.15) is 58.5 Å². The molecule has 0 spiro atoms. The monoisotopic (exact) mass is 487 g/mol. The van der Waals surface area contributed by atoms with Gasteiger partial charge in [0.2, 0.25) is 0 Å². The Morgan fingerprint density at radius 2 is 1.75 bits per heavy atom. The Morgan fingerprint density at radius 3 is 2.44 bits per heavy atom. The van der Waals surface area contributed by atoms with Crippen molar-refractivity contribution in [1.82, 2.24) is 24.9 Å². The maximum atomic E-state index is 14.6. The van der Waals surface area contributed by atoms with Gasteiger partial charge in [0.15, 0.2) is 0 Å². The molecular formula is C28H27F2N5O. The number of fused-ring (bicyclic) bond motifs is 2. The van der Waals surface area contributed by atoms with Crippen molar-refractivity contribution in [3.8, 4) is 11.1 Å². The summed E-state index contributed by atoms with van der Waals surface area (Å²) in [6.07, 6.45) is 0. The molecule has 5 rings (SSSR count). The molecule has 0 radical (unpaired) electrons. The van der Waals surface area contributed by atoms with E-state index in [0.717, 1.165) is 28.0 Å². The first-order chi connectivity index (χ1) is 17.2. The van der Waals surface area contributed by atoms with E-state index in [1.807, 2.05) is 39.8 Å². The fourth-order valence-electron chi connectivity index (χ4n) is 4.89. The van der Waals surface area contributed by atoms with Gasteiger partial charge in [0.05, 0.1) is 39.1 Å². The van der Waals surface area contributed by atoms with E-state index in [0.29, 0.717) is 34.6 Å². The number of H-pyrrole nitrogens is 1. The summed E-state index contributed by atoms with van der Waals surface area (Å²) in [4.78, 5) is 21.2. The van der Waals surface area contributed by atoms with E-state index in [1.165, 1.54) is 18.2 Å². The highest BCUT2D eigenvalue weighted by molar-refractivity contribution is 5.97. The highest BCUT2D eigenvalue weighted by Gasteiger charge is 2.24. The maximum absolute atomic E-state index is 14.6. The maximum Gasteiger partial charge on any atom is 0.253 e. The molecule has 5 aromatic rings. The second-order valence-corrected chi connectivity index (χ2v) is 9.40. The number of rotatable bonds is 5. The number of amides is 1. The molecule has 3 aromatic heterocycles. The number of pyridine rings is 1. The Hall–Kier alpha value is -4.07.